The first-order chi connectivity index (χ1) is 17.6. The molecule has 0 radical (unpaired) electrons. The second-order valence-electron chi connectivity index (χ2n) is 11.7. The highest BCUT2D eigenvalue weighted by molar-refractivity contribution is 5.79. The molecule has 0 saturated heterocycles. The van der Waals surface area contributed by atoms with Crippen molar-refractivity contribution < 1.29 is 19.4 Å². The molecule has 4 atom stereocenters. The molecular formula is C32H56O4. The molecule has 0 aliphatic heterocycles. The van der Waals surface area contributed by atoms with Gasteiger partial charge in [-0.2, -0.15) is 0 Å². The minimum absolute atomic E-state index is 0.00242. The number of hydrogen-bond donors (Lipinski definition) is 1. The summed E-state index contributed by atoms with van der Waals surface area (Å²) < 4.78 is 5.73. The predicted molar refractivity (Wildman–Crippen MR) is 149 cm³/mol. The van der Waals surface area contributed by atoms with Gasteiger partial charge in [-0.15, -0.1) is 0 Å². The van der Waals surface area contributed by atoms with Crippen LogP contribution >= 0.6 is 0 Å². The lowest BCUT2D eigenvalue weighted by molar-refractivity contribution is -0.157. The van der Waals surface area contributed by atoms with Crippen LogP contribution in [0.25, 0.3) is 0 Å². The van der Waals surface area contributed by atoms with Gasteiger partial charge in [-0.1, -0.05) is 122 Å². The number of ether oxygens (including phenoxy) is 1. The van der Waals surface area contributed by atoms with E-state index in [9.17, 15) is 14.7 Å². The molecule has 36 heavy (non-hydrogen) atoms. The van der Waals surface area contributed by atoms with Crippen molar-refractivity contribution in [2.45, 2.75) is 161 Å². The van der Waals surface area contributed by atoms with E-state index in [1.807, 2.05) is 6.08 Å². The number of carbonyl (C=O) groups is 2. The number of hydrogen-bond acceptors (Lipinski definition) is 3. The maximum absolute atomic E-state index is 12.4. The molecule has 0 aromatic carbocycles. The zero-order valence-electron chi connectivity index (χ0n) is 23.4. The van der Waals surface area contributed by atoms with Crippen LogP contribution in [-0.4, -0.2) is 23.1 Å². The number of carbonyl (C=O) groups excluding carboxylic acids is 1. The number of allylic oxidation sites excluding steroid dienone is 2. The number of rotatable bonds is 20. The Labute approximate surface area is 222 Å². The summed E-state index contributed by atoms with van der Waals surface area (Å²) in [5.41, 5.74) is 0. The number of unbranched alkanes of at least 4 members (excludes halogenated alkanes) is 13. The van der Waals surface area contributed by atoms with E-state index < -0.39 is 11.9 Å². The van der Waals surface area contributed by atoms with Crippen LogP contribution in [0.5, 0.6) is 0 Å². The fraction of sp³-hybridized carbons (Fsp3) is 0.875. The highest BCUT2D eigenvalue weighted by Crippen LogP contribution is 2.41. The van der Waals surface area contributed by atoms with Crippen molar-refractivity contribution in [3.8, 4) is 0 Å². The van der Waals surface area contributed by atoms with Gasteiger partial charge in [0.25, 0.3) is 0 Å². The molecule has 4 unspecified atom stereocenters. The quantitative estimate of drug-likeness (QED) is 0.102. The summed E-state index contributed by atoms with van der Waals surface area (Å²) >= 11 is 0. The van der Waals surface area contributed by atoms with Crippen LogP contribution in [0.2, 0.25) is 0 Å². The maximum Gasteiger partial charge on any atom is 0.307 e. The normalized spacial score (nSPS) is 22.9. The van der Waals surface area contributed by atoms with Gasteiger partial charge in [0.1, 0.15) is 6.10 Å². The Morgan fingerprint density at radius 3 is 1.97 bits per heavy atom. The van der Waals surface area contributed by atoms with E-state index in [-0.39, 0.29) is 18.5 Å². The zero-order chi connectivity index (χ0) is 25.8. The molecule has 0 spiro atoms. The van der Waals surface area contributed by atoms with E-state index in [0.717, 1.165) is 38.0 Å². The van der Waals surface area contributed by atoms with Gasteiger partial charge in [0.2, 0.25) is 0 Å². The maximum atomic E-state index is 12.4. The highest BCUT2D eigenvalue weighted by Gasteiger charge is 2.34. The summed E-state index contributed by atoms with van der Waals surface area (Å²) in [6.45, 7) is 2.27. The molecule has 0 aromatic heterocycles. The second-order valence-corrected chi connectivity index (χ2v) is 11.7. The number of fused-ring (bicyclic) bond motifs is 1. The van der Waals surface area contributed by atoms with Crippen molar-refractivity contribution in [2.75, 3.05) is 0 Å². The topological polar surface area (TPSA) is 63.6 Å². The molecule has 0 amide bonds. The largest absolute Gasteiger partial charge is 0.481 e. The van der Waals surface area contributed by atoms with E-state index in [1.54, 1.807) is 0 Å². The summed E-state index contributed by atoms with van der Waals surface area (Å²) in [7, 11) is 0. The summed E-state index contributed by atoms with van der Waals surface area (Å²) in [4.78, 5) is 24.1. The molecule has 0 bridgehead atoms. The fourth-order valence-electron chi connectivity index (χ4n) is 6.30. The Kier molecular flexibility index (Phi) is 16.9. The molecule has 2 saturated carbocycles. The Bertz CT molecular complexity index is 613. The molecule has 0 heterocycles. The first kappa shape index (κ1) is 30.9. The average molecular weight is 505 g/mol. The van der Waals surface area contributed by atoms with E-state index in [2.05, 4.69) is 13.0 Å². The van der Waals surface area contributed by atoms with E-state index >= 15 is 0 Å². The molecule has 4 nitrogen and oxygen atoms in total. The molecule has 208 valence electrons. The molecular weight excluding hydrogens is 448 g/mol. The Balaban J connectivity index is 1.46. The van der Waals surface area contributed by atoms with Crippen molar-refractivity contribution in [3.63, 3.8) is 0 Å². The first-order valence-electron chi connectivity index (χ1n) is 15.7. The van der Waals surface area contributed by atoms with Gasteiger partial charge in [-0.05, 0) is 50.4 Å². The Morgan fingerprint density at radius 2 is 1.36 bits per heavy atom. The number of carboxylic acids is 1. The first-order valence-corrected chi connectivity index (χ1v) is 15.7. The van der Waals surface area contributed by atoms with Crippen LogP contribution in [0.4, 0.5) is 0 Å². The third-order valence-electron chi connectivity index (χ3n) is 8.61. The van der Waals surface area contributed by atoms with Crippen LogP contribution in [0, 0.1) is 17.8 Å². The lowest BCUT2D eigenvalue weighted by Gasteiger charge is -2.38. The van der Waals surface area contributed by atoms with E-state index in [1.165, 1.54) is 103 Å². The molecule has 2 aliphatic carbocycles. The van der Waals surface area contributed by atoms with Gasteiger partial charge in [0.15, 0.2) is 0 Å². The van der Waals surface area contributed by atoms with Crippen LogP contribution in [0.3, 0.4) is 0 Å². The van der Waals surface area contributed by atoms with Crippen LogP contribution in [0.1, 0.15) is 155 Å². The molecule has 2 aliphatic rings. The number of carboxylic acid groups (broad SMARTS) is 1. The molecule has 0 aromatic rings. The molecule has 2 fully saturated rings. The minimum Gasteiger partial charge on any atom is -0.481 e. The lowest BCUT2D eigenvalue weighted by atomic mass is 9.70. The van der Waals surface area contributed by atoms with Gasteiger partial charge in [-0.3, -0.25) is 9.59 Å². The van der Waals surface area contributed by atoms with Crippen molar-refractivity contribution in [2.24, 2.45) is 17.8 Å². The van der Waals surface area contributed by atoms with Gasteiger partial charge in [-0.25, -0.2) is 0 Å². The van der Waals surface area contributed by atoms with E-state index in [4.69, 9.17) is 4.74 Å². The van der Waals surface area contributed by atoms with E-state index in [0.29, 0.717) is 12.3 Å². The summed E-state index contributed by atoms with van der Waals surface area (Å²) in [6.07, 6.45) is 31.4. The minimum atomic E-state index is -0.895. The van der Waals surface area contributed by atoms with Gasteiger partial charge in [0, 0.05) is 0 Å². The van der Waals surface area contributed by atoms with Crippen LogP contribution in [-0.2, 0) is 14.3 Å². The van der Waals surface area contributed by atoms with Gasteiger partial charge >= 0.3 is 11.9 Å². The Hall–Kier alpha value is -1.32. The Morgan fingerprint density at radius 1 is 0.778 bits per heavy atom. The monoisotopic (exact) mass is 504 g/mol. The van der Waals surface area contributed by atoms with Crippen LogP contribution in [0.15, 0.2) is 12.2 Å². The molecule has 4 heteroatoms. The van der Waals surface area contributed by atoms with Gasteiger partial charge in [0.05, 0.1) is 12.3 Å². The second kappa shape index (κ2) is 19.7. The third-order valence-corrected chi connectivity index (χ3v) is 8.61. The van der Waals surface area contributed by atoms with Crippen molar-refractivity contribution in [3.05, 3.63) is 12.2 Å². The smallest absolute Gasteiger partial charge is 0.307 e. The fourth-order valence-corrected chi connectivity index (χ4v) is 6.30. The molecule has 2 rings (SSSR count). The summed E-state index contributed by atoms with van der Waals surface area (Å²) in [6, 6.07) is 0. The van der Waals surface area contributed by atoms with Crippen molar-refractivity contribution >= 4 is 11.9 Å². The van der Waals surface area contributed by atoms with Crippen LogP contribution < -0.4 is 0 Å². The zero-order valence-corrected chi connectivity index (χ0v) is 23.4. The summed E-state index contributed by atoms with van der Waals surface area (Å²) in [5.74, 6) is -0.374. The number of esters is 1. The van der Waals surface area contributed by atoms with Crippen molar-refractivity contribution in [1.82, 2.24) is 0 Å². The predicted octanol–water partition coefficient (Wildman–Crippen LogP) is 9.41. The standard InChI is InChI=1S/C32H56O4/c1-2-3-4-5-6-7-8-9-10-11-12-13-14-15-16-17-22-29(32(34)35)26-31(33)36-30-24-23-27-20-18-19-21-28(27)25-30/h16-17,27-30H,2-15,18-26H2,1H3,(H,34,35)/b17-16+. The number of aliphatic carboxylic acids is 1. The average Bonchev–Trinajstić information content (AvgIpc) is 2.87. The molecule has 1 N–H and O–H groups in total. The third kappa shape index (κ3) is 13.8. The lowest BCUT2D eigenvalue weighted by Crippen LogP contribution is -2.33. The van der Waals surface area contributed by atoms with Gasteiger partial charge < -0.3 is 9.84 Å². The summed E-state index contributed by atoms with van der Waals surface area (Å²) in [5, 5.41) is 9.57. The highest BCUT2D eigenvalue weighted by atomic mass is 16.5. The van der Waals surface area contributed by atoms with Crippen molar-refractivity contribution in [1.29, 1.82) is 0 Å². The SMILES string of the molecule is CCCCCCCCCCCCCCC/C=C/CC(CC(=O)OC1CCC2CCCCC2C1)C(=O)O.